The number of halogens is 1. The topological polar surface area (TPSA) is 38.0 Å². The highest BCUT2D eigenvalue weighted by Crippen LogP contribution is 2.23. The van der Waals surface area contributed by atoms with Gasteiger partial charge in [-0.25, -0.2) is 0 Å². The van der Waals surface area contributed by atoms with E-state index in [-0.39, 0.29) is 0 Å². The van der Waals surface area contributed by atoms with Crippen LogP contribution in [0.15, 0.2) is 24.3 Å². The lowest BCUT2D eigenvalue weighted by molar-refractivity contribution is 0.175. The van der Waals surface area contributed by atoms with Crippen LogP contribution in [0.4, 0.5) is 0 Å². The molecule has 0 saturated carbocycles. The Kier molecular flexibility index (Phi) is 3.73. The molecule has 0 radical (unpaired) electrons. The molecule has 1 atom stereocenters. The average Bonchev–Trinajstić information content (AvgIpc) is 2.61. The van der Waals surface area contributed by atoms with Crippen molar-refractivity contribution in [3.8, 4) is 0 Å². The molecule has 0 aliphatic carbocycles. The number of rotatable bonds is 3. The predicted octanol–water partition coefficient (Wildman–Crippen LogP) is 2.97. The fourth-order valence-electron chi connectivity index (χ4n) is 2.05. The molecule has 1 aromatic heterocycles. The van der Waals surface area contributed by atoms with Crippen molar-refractivity contribution in [1.29, 1.82) is 0 Å². The highest BCUT2D eigenvalue weighted by molar-refractivity contribution is 6.31. The molecule has 0 saturated heterocycles. The summed E-state index contributed by atoms with van der Waals surface area (Å²) in [6.45, 7) is 3.88. The predicted molar refractivity (Wildman–Crippen MR) is 72.8 cm³/mol. The van der Waals surface area contributed by atoms with Crippen LogP contribution in [0.1, 0.15) is 28.6 Å². The fraction of sp³-hybridized carbons (Fsp3) is 0.357. The van der Waals surface area contributed by atoms with Crippen LogP contribution in [0.3, 0.4) is 0 Å². The lowest BCUT2D eigenvalue weighted by atomic mass is 10.0. The van der Waals surface area contributed by atoms with Crippen LogP contribution in [0.25, 0.3) is 0 Å². The molecular formula is C14H17ClN2O. The molecule has 18 heavy (non-hydrogen) atoms. The summed E-state index contributed by atoms with van der Waals surface area (Å²) in [6, 6.07) is 7.61. The van der Waals surface area contributed by atoms with E-state index in [9.17, 15) is 5.11 Å². The third kappa shape index (κ3) is 2.74. The maximum atomic E-state index is 10.2. The van der Waals surface area contributed by atoms with Gasteiger partial charge in [0.25, 0.3) is 0 Å². The number of hydrogen-bond acceptors (Lipinski definition) is 2. The van der Waals surface area contributed by atoms with Crippen molar-refractivity contribution >= 4 is 11.6 Å². The van der Waals surface area contributed by atoms with Gasteiger partial charge in [-0.05, 0) is 37.1 Å². The van der Waals surface area contributed by atoms with Crippen LogP contribution < -0.4 is 0 Å². The quantitative estimate of drug-likeness (QED) is 0.926. The maximum Gasteiger partial charge on any atom is 0.0845 e. The van der Waals surface area contributed by atoms with Crippen LogP contribution in [0.5, 0.6) is 0 Å². The first-order valence-electron chi connectivity index (χ1n) is 5.91. The van der Waals surface area contributed by atoms with Crippen molar-refractivity contribution in [2.45, 2.75) is 26.4 Å². The molecule has 1 aromatic carbocycles. The molecule has 0 spiro atoms. The summed E-state index contributed by atoms with van der Waals surface area (Å²) in [5, 5.41) is 15.2. The summed E-state index contributed by atoms with van der Waals surface area (Å²) < 4.78 is 1.81. The molecule has 96 valence electrons. The molecule has 2 rings (SSSR count). The standard InChI is InChI=1S/C14H17ClN2O/c1-9-6-11(4-5-13(9)15)14(18)8-12-7-10(2)16-17(12)3/h4-7,14,18H,8H2,1-3H3. The number of benzene rings is 1. The van der Waals surface area contributed by atoms with Gasteiger partial charge in [0, 0.05) is 24.2 Å². The van der Waals surface area contributed by atoms with Crippen molar-refractivity contribution in [1.82, 2.24) is 9.78 Å². The second-order valence-corrected chi connectivity index (χ2v) is 5.04. The van der Waals surface area contributed by atoms with Crippen molar-refractivity contribution in [3.05, 3.63) is 51.8 Å². The van der Waals surface area contributed by atoms with Crippen molar-refractivity contribution in [2.75, 3.05) is 0 Å². The summed E-state index contributed by atoms with van der Waals surface area (Å²) in [4.78, 5) is 0. The summed E-state index contributed by atoms with van der Waals surface area (Å²) in [7, 11) is 1.89. The fourth-order valence-corrected chi connectivity index (χ4v) is 2.16. The van der Waals surface area contributed by atoms with Gasteiger partial charge < -0.3 is 5.11 Å². The zero-order chi connectivity index (χ0) is 13.3. The molecule has 1 unspecified atom stereocenters. The van der Waals surface area contributed by atoms with E-state index < -0.39 is 6.10 Å². The zero-order valence-corrected chi connectivity index (χ0v) is 11.6. The molecule has 2 aromatic rings. The summed E-state index contributed by atoms with van der Waals surface area (Å²) in [6.07, 6.45) is 0.0223. The minimum absolute atomic E-state index is 0.532. The number of nitrogens with zero attached hydrogens (tertiary/aromatic N) is 2. The van der Waals surface area contributed by atoms with Crippen LogP contribution in [-0.4, -0.2) is 14.9 Å². The highest BCUT2D eigenvalue weighted by atomic mass is 35.5. The van der Waals surface area contributed by atoms with Crippen LogP contribution >= 0.6 is 11.6 Å². The maximum absolute atomic E-state index is 10.2. The summed E-state index contributed by atoms with van der Waals surface area (Å²) in [5.74, 6) is 0. The minimum Gasteiger partial charge on any atom is -0.388 e. The van der Waals surface area contributed by atoms with E-state index >= 15 is 0 Å². The van der Waals surface area contributed by atoms with E-state index in [4.69, 9.17) is 11.6 Å². The number of aliphatic hydroxyl groups is 1. The van der Waals surface area contributed by atoms with Crippen LogP contribution in [0, 0.1) is 13.8 Å². The van der Waals surface area contributed by atoms with E-state index in [0.717, 1.165) is 27.5 Å². The van der Waals surface area contributed by atoms with Gasteiger partial charge in [0.1, 0.15) is 0 Å². The Labute approximate surface area is 112 Å². The van der Waals surface area contributed by atoms with Gasteiger partial charge in [-0.3, -0.25) is 4.68 Å². The van der Waals surface area contributed by atoms with Gasteiger partial charge in [0.05, 0.1) is 11.8 Å². The average molecular weight is 265 g/mol. The van der Waals surface area contributed by atoms with Gasteiger partial charge in [0.2, 0.25) is 0 Å². The minimum atomic E-state index is -0.532. The highest BCUT2D eigenvalue weighted by Gasteiger charge is 2.12. The van der Waals surface area contributed by atoms with E-state index in [2.05, 4.69) is 5.10 Å². The Hall–Kier alpha value is -1.32. The Bertz CT molecular complexity index is 563. The molecule has 1 heterocycles. The normalized spacial score (nSPS) is 12.7. The van der Waals surface area contributed by atoms with Crippen molar-refractivity contribution in [3.63, 3.8) is 0 Å². The molecule has 0 aliphatic heterocycles. The second kappa shape index (κ2) is 5.12. The van der Waals surface area contributed by atoms with Crippen LogP contribution in [0.2, 0.25) is 5.02 Å². The van der Waals surface area contributed by atoms with Gasteiger partial charge in [0.15, 0.2) is 0 Å². The van der Waals surface area contributed by atoms with Crippen molar-refractivity contribution < 1.29 is 5.11 Å². The Morgan fingerprint density at radius 2 is 2.06 bits per heavy atom. The van der Waals surface area contributed by atoms with E-state index in [1.165, 1.54) is 0 Å². The monoisotopic (exact) mass is 264 g/mol. The van der Waals surface area contributed by atoms with E-state index in [1.807, 2.05) is 45.2 Å². The van der Waals surface area contributed by atoms with Crippen LogP contribution in [-0.2, 0) is 13.5 Å². The van der Waals surface area contributed by atoms with E-state index in [1.54, 1.807) is 4.68 Å². The van der Waals surface area contributed by atoms with E-state index in [0.29, 0.717) is 6.42 Å². The summed E-state index contributed by atoms with van der Waals surface area (Å²) in [5.41, 5.74) is 3.85. The number of aromatic nitrogens is 2. The third-order valence-electron chi connectivity index (χ3n) is 3.07. The zero-order valence-electron chi connectivity index (χ0n) is 10.8. The molecule has 1 N–H and O–H groups in total. The molecule has 0 bridgehead atoms. The van der Waals surface area contributed by atoms with Gasteiger partial charge >= 0.3 is 0 Å². The van der Waals surface area contributed by atoms with Gasteiger partial charge in [-0.15, -0.1) is 0 Å². The van der Waals surface area contributed by atoms with Crippen molar-refractivity contribution in [2.24, 2.45) is 7.05 Å². The second-order valence-electron chi connectivity index (χ2n) is 4.63. The first kappa shape index (κ1) is 13.1. The lowest BCUT2D eigenvalue weighted by Gasteiger charge is -2.12. The van der Waals surface area contributed by atoms with Gasteiger partial charge in [-0.1, -0.05) is 23.7 Å². The Morgan fingerprint density at radius 3 is 2.61 bits per heavy atom. The molecule has 0 amide bonds. The molecular weight excluding hydrogens is 248 g/mol. The third-order valence-corrected chi connectivity index (χ3v) is 3.49. The largest absolute Gasteiger partial charge is 0.388 e. The number of aliphatic hydroxyl groups excluding tert-OH is 1. The smallest absolute Gasteiger partial charge is 0.0845 e. The molecule has 3 nitrogen and oxygen atoms in total. The number of aryl methyl sites for hydroxylation is 3. The SMILES string of the molecule is Cc1cc(CC(O)c2ccc(Cl)c(C)c2)n(C)n1. The van der Waals surface area contributed by atoms with Gasteiger partial charge in [-0.2, -0.15) is 5.10 Å². The molecule has 4 heteroatoms. The first-order valence-corrected chi connectivity index (χ1v) is 6.29. The first-order chi connectivity index (χ1) is 8.47. The molecule has 0 aliphatic rings. The Balaban J connectivity index is 2.19. The lowest BCUT2D eigenvalue weighted by Crippen LogP contribution is -2.06. The summed E-state index contributed by atoms with van der Waals surface area (Å²) >= 11 is 5.98. The molecule has 0 fully saturated rings. The number of hydrogen-bond donors (Lipinski definition) is 1. The Morgan fingerprint density at radius 1 is 1.33 bits per heavy atom.